The number of nitrogens with zero attached hydrogens (tertiary/aromatic N) is 1. The van der Waals surface area contributed by atoms with Crippen LogP contribution in [0.5, 0.6) is 5.75 Å². The van der Waals surface area contributed by atoms with E-state index >= 15 is 0 Å². The molecule has 0 bridgehead atoms. The van der Waals surface area contributed by atoms with Crippen LogP contribution in [-0.2, 0) is 6.42 Å². The van der Waals surface area contributed by atoms with E-state index in [9.17, 15) is 0 Å². The lowest BCUT2D eigenvalue weighted by Crippen LogP contribution is -2.04. The van der Waals surface area contributed by atoms with Crippen LogP contribution >= 0.6 is 0 Å². The van der Waals surface area contributed by atoms with Gasteiger partial charge >= 0.3 is 0 Å². The van der Waals surface area contributed by atoms with Gasteiger partial charge in [0.25, 0.3) is 0 Å². The highest BCUT2D eigenvalue weighted by molar-refractivity contribution is 5.36. The molecule has 0 spiro atoms. The van der Waals surface area contributed by atoms with E-state index < -0.39 is 0 Å². The predicted molar refractivity (Wildman–Crippen MR) is 73.2 cm³/mol. The molecule has 0 aliphatic heterocycles. The molecule has 0 aliphatic carbocycles. The molecule has 0 fully saturated rings. The summed E-state index contributed by atoms with van der Waals surface area (Å²) in [6, 6.07) is 6.29. The average molecular weight is 244 g/mol. The lowest BCUT2D eigenvalue weighted by atomic mass is 10.1. The maximum atomic E-state index is 5.86. The number of rotatable bonds is 4. The van der Waals surface area contributed by atoms with Crippen LogP contribution in [0.3, 0.4) is 0 Å². The summed E-state index contributed by atoms with van der Waals surface area (Å²) in [5.41, 5.74) is 5.88. The van der Waals surface area contributed by atoms with Crippen molar-refractivity contribution in [3.63, 3.8) is 0 Å². The lowest BCUT2D eigenvalue weighted by Gasteiger charge is -2.10. The number of aryl methyl sites for hydroxylation is 4. The first-order valence-electron chi connectivity index (χ1n) is 6.28. The largest absolute Gasteiger partial charge is 0.493 e. The number of hydrogen-bond acceptors (Lipinski definition) is 2. The Morgan fingerprint density at radius 3 is 2.61 bits per heavy atom. The van der Waals surface area contributed by atoms with Gasteiger partial charge in [0.05, 0.1) is 12.3 Å². The minimum absolute atomic E-state index is 0.686. The fourth-order valence-electron chi connectivity index (χ4n) is 2.07. The third kappa shape index (κ3) is 2.73. The summed E-state index contributed by atoms with van der Waals surface area (Å²) in [6.07, 6.45) is 0.890. The molecule has 1 aromatic carbocycles. The van der Waals surface area contributed by atoms with E-state index in [1.807, 2.05) is 13.8 Å². The van der Waals surface area contributed by atoms with E-state index in [1.165, 1.54) is 16.7 Å². The molecule has 0 atom stereocenters. The molecular formula is C15H20N2O. The molecule has 0 saturated carbocycles. The van der Waals surface area contributed by atoms with Gasteiger partial charge in [0.15, 0.2) is 0 Å². The monoisotopic (exact) mass is 244 g/mol. The van der Waals surface area contributed by atoms with Crippen LogP contribution in [0.4, 0.5) is 0 Å². The van der Waals surface area contributed by atoms with Crippen LogP contribution in [0.1, 0.15) is 28.1 Å². The Balaban J connectivity index is 1.98. The number of aromatic amines is 1. The van der Waals surface area contributed by atoms with Gasteiger partial charge in [-0.3, -0.25) is 5.10 Å². The maximum Gasteiger partial charge on any atom is 0.122 e. The second-order valence-electron chi connectivity index (χ2n) is 4.78. The molecule has 3 nitrogen and oxygen atoms in total. The van der Waals surface area contributed by atoms with E-state index in [1.54, 1.807) is 0 Å². The Morgan fingerprint density at radius 2 is 1.94 bits per heavy atom. The van der Waals surface area contributed by atoms with E-state index in [0.717, 1.165) is 23.6 Å². The van der Waals surface area contributed by atoms with Crippen LogP contribution in [-0.4, -0.2) is 16.8 Å². The molecule has 1 N–H and O–H groups in total. The normalized spacial score (nSPS) is 10.7. The van der Waals surface area contributed by atoms with Gasteiger partial charge in [-0.25, -0.2) is 0 Å². The number of H-pyrrole nitrogens is 1. The first-order chi connectivity index (χ1) is 8.58. The highest BCUT2D eigenvalue weighted by atomic mass is 16.5. The smallest absolute Gasteiger partial charge is 0.122 e. The Kier molecular flexibility index (Phi) is 3.70. The molecule has 2 aromatic rings. The summed E-state index contributed by atoms with van der Waals surface area (Å²) in [5, 5.41) is 7.19. The third-order valence-corrected chi connectivity index (χ3v) is 3.23. The molecule has 3 heteroatoms. The summed E-state index contributed by atoms with van der Waals surface area (Å²) < 4.78 is 5.86. The quantitative estimate of drug-likeness (QED) is 0.896. The van der Waals surface area contributed by atoms with E-state index in [0.29, 0.717) is 6.61 Å². The van der Waals surface area contributed by atoms with Gasteiger partial charge < -0.3 is 4.74 Å². The topological polar surface area (TPSA) is 37.9 Å². The van der Waals surface area contributed by atoms with Crippen molar-refractivity contribution in [3.05, 3.63) is 46.3 Å². The zero-order chi connectivity index (χ0) is 13.1. The Labute approximate surface area is 108 Å². The Hall–Kier alpha value is -1.77. The Morgan fingerprint density at radius 1 is 1.17 bits per heavy atom. The zero-order valence-corrected chi connectivity index (χ0v) is 11.5. The van der Waals surface area contributed by atoms with Crippen LogP contribution in [0.2, 0.25) is 0 Å². The SMILES string of the molecule is Cc1ccc(C)c(OCCc2c(C)n[nH]c2C)c1. The van der Waals surface area contributed by atoms with Crippen LogP contribution in [0.15, 0.2) is 18.2 Å². The summed E-state index contributed by atoms with van der Waals surface area (Å²) in [5.74, 6) is 0.980. The molecule has 96 valence electrons. The van der Waals surface area contributed by atoms with Crippen LogP contribution < -0.4 is 4.74 Å². The minimum Gasteiger partial charge on any atom is -0.493 e. The molecule has 0 radical (unpaired) electrons. The van der Waals surface area contributed by atoms with Gasteiger partial charge in [0, 0.05) is 12.1 Å². The summed E-state index contributed by atoms with van der Waals surface area (Å²) >= 11 is 0. The van der Waals surface area contributed by atoms with E-state index in [2.05, 4.69) is 42.2 Å². The molecule has 2 rings (SSSR count). The van der Waals surface area contributed by atoms with Gasteiger partial charge in [0.2, 0.25) is 0 Å². The van der Waals surface area contributed by atoms with Crippen molar-refractivity contribution in [2.75, 3.05) is 6.61 Å². The minimum atomic E-state index is 0.686. The summed E-state index contributed by atoms with van der Waals surface area (Å²) in [7, 11) is 0. The fraction of sp³-hybridized carbons (Fsp3) is 0.400. The second kappa shape index (κ2) is 5.25. The van der Waals surface area contributed by atoms with Crippen LogP contribution in [0, 0.1) is 27.7 Å². The average Bonchev–Trinajstić information content (AvgIpc) is 2.65. The first-order valence-corrected chi connectivity index (χ1v) is 6.28. The zero-order valence-electron chi connectivity index (χ0n) is 11.5. The molecule has 1 heterocycles. The highest BCUT2D eigenvalue weighted by Gasteiger charge is 2.06. The molecule has 0 aliphatic rings. The number of hydrogen-bond donors (Lipinski definition) is 1. The molecule has 1 aromatic heterocycles. The molecule has 0 unspecified atom stereocenters. The van der Waals surface area contributed by atoms with Gasteiger partial charge in [-0.15, -0.1) is 0 Å². The van der Waals surface area contributed by atoms with Crippen molar-refractivity contribution in [1.82, 2.24) is 10.2 Å². The molecule has 0 saturated heterocycles. The van der Waals surface area contributed by atoms with Crippen molar-refractivity contribution in [2.45, 2.75) is 34.1 Å². The van der Waals surface area contributed by atoms with Crippen molar-refractivity contribution in [2.24, 2.45) is 0 Å². The molecule has 0 amide bonds. The van der Waals surface area contributed by atoms with Gasteiger partial charge in [-0.05, 0) is 50.5 Å². The van der Waals surface area contributed by atoms with E-state index in [4.69, 9.17) is 4.74 Å². The van der Waals surface area contributed by atoms with Crippen molar-refractivity contribution in [3.8, 4) is 5.75 Å². The number of ether oxygens (including phenoxy) is 1. The molecule has 18 heavy (non-hydrogen) atoms. The first kappa shape index (κ1) is 12.7. The number of benzene rings is 1. The Bertz CT molecular complexity index is 524. The lowest BCUT2D eigenvalue weighted by molar-refractivity contribution is 0.319. The maximum absolute atomic E-state index is 5.86. The van der Waals surface area contributed by atoms with Gasteiger partial charge in [-0.2, -0.15) is 5.10 Å². The number of nitrogens with one attached hydrogen (secondary N) is 1. The summed E-state index contributed by atoms with van der Waals surface area (Å²) in [6.45, 7) is 8.91. The van der Waals surface area contributed by atoms with E-state index in [-0.39, 0.29) is 0 Å². The van der Waals surface area contributed by atoms with Gasteiger partial charge in [-0.1, -0.05) is 12.1 Å². The van der Waals surface area contributed by atoms with Crippen LogP contribution in [0.25, 0.3) is 0 Å². The summed E-state index contributed by atoms with van der Waals surface area (Å²) in [4.78, 5) is 0. The van der Waals surface area contributed by atoms with Gasteiger partial charge in [0.1, 0.15) is 5.75 Å². The van der Waals surface area contributed by atoms with Crippen molar-refractivity contribution < 1.29 is 4.74 Å². The highest BCUT2D eigenvalue weighted by Crippen LogP contribution is 2.19. The van der Waals surface area contributed by atoms with Crippen molar-refractivity contribution in [1.29, 1.82) is 0 Å². The third-order valence-electron chi connectivity index (χ3n) is 3.23. The fourth-order valence-corrected chi connectivity index (χ4v) is 2.07. The standard InChI is InChI=1S/C15H20N2O/c1-10-5-6-11(2)15(9-10)18-8-7-14-12(3)16-17-13(14)4/h5-6,9H,7-8H2,1-4H3,(H,16,17). The number of aromatic nitrogens is 2. The molecular weight excluding hydrogens is 224 g/mol. The van der Waals surface area contributed by atoms with Crippen molar-refractivity contribution >= 4 is 0 Å². The predicted octanol–water partition coefficient (Wildman–Crippen LogP) is 3.26. The second-order valence-corrected chi connectivity index (χ2v) is 4.78.